The maximum atomic E-state index is 13.1. The highest BCUT2D eigenvalue weighted by atomic mass is 35.5. The smallest absolute Gasteiger partial charge is 0.123 e. The largest absolute Gasteiger partial charge is 0.508 e. The van der Waals surface area contributed by atoms with E-state index >= 15 is 0 Å². The molecule has 3 heteroatoms. The molecule has 0 aliphatic heterocycles. The van der Waals surface area contributed by atoms with Crippen molar-refractivity contribution in [3.05, 3.63) is 52.8 Å². The first-order valence-corrected chi connectivity index (χ1v) is 5.21. The average Bonchev–Trinajstić information content (AvgIpc) is 2.22. The van der Waals surface area contributed by atoms with Crippen molar-refractivity contribution in [2.24, 2.45) is 0 Å². The Hall–Kier alpha value is -1.54. The van der Waals surface area contributed by atoms with E-state index in [1.54, 1.807) is 18.2 Å². The fourth-order valence-electron chi connectivity index (χ4n) is 1.65. The Bertz CT molecular complexity index is 537. The van der Waals surface area contributed by atoms with Crippen LogP contribution in [0.2, 0.25) is 5.02 Å². The minimum Gasteiger partial charge on any atom is -0.508 e. The molecule has 2 rings (SSSR count). The lowest BCUT2D eigenvalue weighted by Gasteiger charge is -2.08. The number of hydrogen-bond acceptors (Lipinski definition) is 1. The monoisotopic (exact) mass is 236 g/mol. The van der Waals surface area contributed by atoms with Crippen LogP contribution in [0.1, 0.15) is 5.56 Å². The summed E-state index contributed by atoms with van der Waals surface area (Å²) in [5.41, 5.74) is 2.31. The molecule has 0 radical (unpaired) electrons. The van der Waals surface area contributed by atoms with E-state index in [1.807, 2.05) is 6.92 Å². The lowest BCUT2D eigenvalue weighted by molar-refractivity contribution is 0.475. The first-order chi connectivity index (χ1) is 7.58. The van der Waals surface area contributed by atoms with Gasteiger partial charge in [-0.15, -0.1) is 0 Å². The molecule has 2 aromatic carbocycles. The number of aryl methyl sites for hydroxylation is 1. The molecule has 0 heterocycles. The molecular weight excluding hydrogens is 227 g/mol. The maximum Gasteiger partial charge on any atom is 0.123 e. The van der Waals surface area contributed by atoms with Gasteiger partial charge in [0.15, 0.2) is 0 Å². The Morgan fingerprint density at radius 2 is 1.81 bits per heavy atom. The normalized spacial score (nSPS) is 10.4. The van der Waals surface area contributed by atoms with Gasteiger partial charge in [-0.1, -0.05) is 17.7 Å². The van der Waals surface area contributed by atoms with Crippen LogP contribution in [0.4, 0.5) is 4.39 Å². The van der Waals surface area contributed by atoms with Gasteiger partial charge < -0.3 is 5.11 Å². The van der Waals surface area contributed by atoms with Crippen molar-refractivity contribution in [3.63, 3.8) is 0 Å². The Morgan fingerprint density at radius 1 is 1.06 bits per heavy atom. The molecular formula is C13H10ClFO. The third kappa shape index (κ3) is 2.02. The summed E-state index contributed by atoms with van der Waals surface area (Å²) in [7, 11) is 0. The second-order valence-corrected chi connectivity index (χ2v) is 4.03. The summed E-state index contributed by atoms with van der Waals surface area (Å²) in [6.45, 7) is 1.84. The number of halogens is 2. The molecule has 16 heavy (non-hydrogen) atoms. The molecule has 0 aromatic heterocycles. The Kier molecular flexibility index (Phi) is 2.84. The van der Waals surface area contributed by atoms with E-state index in [2.05, 4.69) is 0 Å². The first-order valence-electron chi connectivity index (χ1n) is 4.83. The van der Waals surface area contributed by atoms with Gasteiger partial charge in [-0.2, -0.15) is 0 Å². The van der Waals surface area contributed by atoms with Gasteiger partial charge in [0.25, 0.3) is 0 Å². The Labute approximate surface area is 98.1 Å². The summed E-state index contributed by atoms with van der Waals surface area (Å²) < 4.78 is 13.1. The molecule has 0 amide bonds. The lowest BCUT2D eigenvalue weighted by Crippen LogP contribution is -1.86. The number of benzene rings is 2. The van der Waals surface area contributed by atoms with Crippen molar-refractivity contribution in [2.75, 3.05) is 0 Å². The molecule has 0 spiro atoms. The summed E-state index contributed by atoms with van der Waals surface area (Å²) >= 11 is 6.01. The van der Waals surface area contributed by atoms with Crippen molar-refractivity contribution in [3.8, 4) is 16.9 Å². The van der Waals surface area contributed by atoms with Crippen molar-refractivity contribution >= 4 is 11.6 Å². The van der Waals surface area contributed by atoms with E-state index in [1.165, 1.54) is 18.2 Å². The van der Waals surface area contributed by atoms with Gasteiger partial charge in [-0.05, 0) is 48.4 Å². The molecule has 2 aromatic rings. The van der Waals surface area contributed by atoms with E-state index in [0.29, 0.717) is 10.6 Å². The molecule has 0 unspecified atom stereocenters. The highest BCUT2D eigenvalue weighted by Crippen LogP contribution is 2.32. The minimum atomic E-state index is -0.327. The van der Waals surface area contributed by atoms with Crippen LogP contribution in [0, 0.1) is 12.7 Å². The maximum absolute atomic E-state index is 13.1. The number of rotatable bonds is 1. The summed E-state index contributed by atoms with van der Waals surface area (Å²) in [6, 6.07) is 9.15. The second-order valence-electron chi connectivity index (χ2n) is 3.62. The van der Waals surface area contributed by atoms with Gasteiger partial charge in [-0.3, -0.25) is 0 Å². The van der Waals surface area contributed by atoms with E-state index in [9.17, 15) is 9.50 Å². The topological polar surface area (TPSA) is 20.2 Å². The highest BCUT2D eigenvalue weighted by molar-refractivity contribution is 6.33. The van der Waals surface area contributed by atoms with Crippen molar-refractivity contribution in [1.82, 2.24) is 0 Å². The van der Waals surface area contributed by atoms with Crippen molar-refractivity contribution in [1.29, 1.82) is 0 Å². The summed E-state index contributed by atoms with van der Waals surface area (Å²) in [6.07, 6.45) is 0. The fourth-order valence-corrected chi connectivity index (χ4v) is 1.87. The molecule has 0 saturated heterocycles. The van der Waals surface area contributed by atoms with E-state index in [0.717, 1.165) is 11.1 Å². The lowest BCUT2D eigenvalue weighted by atomic mass is 10.0. The van der Waals surface area contributed by atoms with Crippen LogP contribution in [-0.4, -0.2) is 5.11 Å². The number of phenols is 1. The molecule has 0 aliphatic carbocycles. The van der Waals surface area contributed by atoms with Crippen molar-refractivity contribution in [2.45, 2.75) is 6.92 Å². The molecule has 0 bridgehead atoms. The predicted octanol–water partition coefficient (Wildman–Crippen LogP) is 4.16. The molecule has 0 saturated carbocycles. The van der Waals surface area contributed by atoms with Crippen LogP contribution >= 0.6 is 11.6 Å². The third-order valence-corrected chi connectivity index (χ3v) is 2.76. The summed E-state index contributed by atoms with van der Waals surface area (Å²) in [5.74, 6) is -0.138. The average molecular weight is 237 g/mol. The van der Waals surface area contributed by atoms with Gasteiger partial charge in [0, 0.05) is 10.6 Å². The summed E-state index contributed by atoms with van der Waals surface area (Å²) in [5, 5.41) is 9.80. The van der Waals surface area contributed by atoms with Crippen molar-refractivity contribution < 1.29 is 9.50 Å². The molecule has 82 valence electrons. The second kappa shape index (κ2) is 4.14. The molecule has 0 atom stereocenters. The van der Waals surface area contributed by atoms with Gasteiger partial charge in [-0.25, -0.2) is 4.39 Å². The van der Waals surface area contributed by atoms with Gasteiger partial charge >= 0.3 is 0 Å². The van der Waals surface area contributed by atoms with E-state index < -0.39 is 0 Å². The molecule has 0 fully saturated rings. The summed E-state index contributed by atoms with van der Waals surface area (Å²) in [4.78, 5) is 0. The fraction of sp³-hybridized carbons (Fsp3) is 0.0769. The number of hydrogen-bond donors (Lipinski definition) is 1. The predicted molar refractivity (Wildman–Crippen MR) is 63.2 cm³/mol. The standard InChI is InChI=1S/C13H10ClFO/c1-8-6-10(16)3-4-11(8)12-7-9(15)2-5-13(12)14/h2-7,16H,1H3. The number of aromatic hydroxyl groups is 1. The molecule has 1 nitrogen and oxygen atoms in total. The zero-order valence-corrected chi connectivity index (χ0v) is 9.42. The van der Waals surface area contributed by atoms with Crippen LogP contribution in [-0.2, 0) is 0 Å². The Balaban J connectivity index is 2.62. The van der Waals surface area contributed by atoms with Crippen LogP contribution in [0.15, 0.2) is 36.4 Å². The minimum absolute atomic E-state index is 0.189. The van der Waals surface area contributed by atoms with Crippen LogP contribution < -0.4 is 0 Å². The van der Waals surface area contributed by atoms with Gasteiger partial charge in [0.1, 0.15) is 11.6 Å². The van der Waals surface area contributed by atoms with Crippen LogP contribution in [0.25, 0.3) is 11.1 Å². The number of phenolic OH excluding ortho intramolecular Hbond substituents is 1. The zero-order valence-electron chi connectivity index (χ0n) is 8.67. The Morgan fingerprint density at radius 3 is 2.50 bits per heavy atom. The molecule has 0 aliphatic rings. The van der Waals surface area contributed by atoms with Gasteiger partial charge in [0.2, 0.25) is 0 Å². The highest BCUT2D eigenvalue weighted by Gasteiger charge is 2.08. The van der Waals surface area contributed by atoms with E-state index in [-0.39, 0.29) is 11.6 Å². The molecule has 1 N–H and O–H groups in total. The SMILES string of the molecule is Cc1cc(O)ccc1-c1cc(F)ccc1Cl. The first kappa shape index (κ1) is 11.0. The van der Waals surface area contributed by atoms with Crippen LogP contribution in [0.3, 0.4) is 0 Å². The van der Waals surface area contributed by atoms with E-state index in [4.69, 9.17) is 11.6 Å². The third-order valence-electron chi connectivity index (χ3n) is 2.43. The zero-order chi connectivity index (χ0) is 11.7. The van der Waals surface area contributed by atoms with Crippen LogP contribution in [0.5, 0.6) is 5.75 Å². The quantitative estimate of drug-likeness (QED) is 0.788. The van der Waals surface area contributed by atoms with Gasteiger partial charge in [0.05, 0.1) is 0 Å².